The van der Waals surface area contributed by atoms with Crippen molar-refractivity contribution in [1.29, 1.82) is 5.26 Å². The molecule has 1 amide bonds. The molecule has 194 valence electrons. The lowest BCUT2D eigenvalue weighted by Crippen LogP contribution is -2.17. The lowest BCUT2D eigenvalue weighted by molar-refractivity contribution is 0.0955. The summed E-state index contributed by atoms with van der Waals surface area (Å²) >= 11 is 1.61. The summed E-state index contributed by atoms with van der Waals surface area (Å²) in [6, 6.07) is 26.3. The van der Waals surface area contributed by atoms with Crippen molar-refractivity contribution in [3.05, 3.63) is 117 Å². The minimum Gasteiger partial charge on any atom is -0.314 e. The maximum atomic E-state index is 12.8. The monoisotopic (exact) mass is 531 g/mol. The first kappa shape index (κ1) is 26.0. The van der Waals surface area contributed by atoms with Gasteiger partial charge in [0.25, 0.3) is 5.91 Å². The molecule has 0 fully saturated rings. The summed E-state index contributed by atoms with van der Waals surface area (Å²) in [5.74, 6) is -0.282. The van der Waals surface area contributed by atoms with Gasteiger partial charge in [-0.05, 0) is 88.2 Å². The molecule has 0 aliphatic heterocycles. The Kier molecular flexibility index (Phi) is 7.05. The molecule has 2 aromatic carbocycles. The number of nitrogens with one attached hydrogen (secondary N) is 1. The van der Waals surface area contributed by atoms with E-state index in [1.54, 1.807) is 17.6 Å². The minimum atomic E-state index is -0.282. The fraction of sp³-hybridized carbons (Fsp3) is 0.156. The highest BCUT2D eigenvalue weighted by Crippen LogP contribution is 2.33. The predicted molar refractivity (Wildman–Crippen MR) is 158 cm³/mol. The average Bonchev–Trinajstić information content (AvgIpc) is 3.56. The fourth-order valence-electron chi connectivity index (χ4n) is 4.83. The van der Waals surface area contributed by atoms with Crippen LogP contribution in [0.3, 0.4) is 0 Å². The first-order valence-corrected chi connectivity index (χ1v) is 13.5. The third-order valence-electron chi connectivity index (χ3n) is 7.05. The lowest BCUT2D eigenvalue weighted by Gasteiger charge is -2.12. The zero-order valence-corrected chi connectivity index (χ0v) is 23.4. The Morgan fingerprint density at radius 3 is 2.33 bits per heavy atom. The summed E-state index contributed by atoms with van der Waals surface area (Å²) in [5.41, 5.74) is 12.1. The van der Waals surface area contributed by atoms with Gasteiger partial charge in [-0.2, -0.15) is 10.4 Å². The van der Waals surface area contributed by atoms with E-state index < -0.39 is 0 Å². The van der Waals surface area contributed by atoms with Crippen LogP contribution >= 0.6 is 11.3 Å². The number of hydrogen-bond donors (Lipinski definition) is 1. The van der Waals surface area contributed by atoms with Gasteiger partial charge in [0.1, 0.15) is 11.1 Å². The minimum absolute atomic E-state index is 0.282. The van der Waals surface area contributed by atoms with Gasteiger partial charge in [0.2, 0.25) is 0 Å². The van der Waals surface area contributed by atoms with Crippen LogP contribution in [0, 0.1) is 45.9 Å². The fourth-order valence-corrected chi connectivity index (χ4v) is 6.05. The molecule has 0 bridgehead atoms. The Labute approximate surface area is 232 Å². The van der Waals surface area contributed by atoms with E-state index in [0.717, 1.165) is 55.0 Å². The van der Waals surface area contributed by atoms with Gasteiger partial charge in [0.05, 0.1) is 17.5 Å². The smallest absolute Gasteiger partial charge is 0.271 e. The standard InChI is InChI=1S/C32H29N5OS/c1-20-11-16-30(25-9-7-6-8-10-25)37(20)28-14-12-26(13-15-28)31(38)35-34-19-27-17-21(2)36(23(27)4)32-29(18-33)22(3)24(5)39-32/h6-17,19H,1-5H3,(H,35,38)/b34-19+. The maximum Gasteiger partial charge on any atom is 0.271 e. The Hall–Kier alpha value is -4.67. The predicted octanol–water partition coefficient (Wildman–Crippen LogP) is 7.17. The summed E-state index contributed by atoms with van der Waals surface area (Å²) in [6.07, 6.45) is 1.65. The summed E-state index contributed by atoms with van der Waals surface area (Å²) in [5, 5.41) is 14.8. The van der Waals surface area contributed by atoms with E-state index in [1.807, 2.05) is 76.2 Å². The van der Waals surface area contributed by atoms with Crippen LogP contribution in [-0.2, 0) is 0 Å². The molecule has 0 saturated heterocycles. The van der Waals surface area contributed by atoms with Crippen LogP contribution in [0.2, 0.25) is 0 Å². The Morgan fingerprint density at radius 1 is 0.923 bits per heavy atom. The third-order valence-corrected chi connectivity index (χ3v) is 8.25. The molecule has 0 unspecified atom stereocenters. The molecule has 0 aliphatic carbocycles. The molecule has 0 spiro atoms. The second-order valence-electron chi connectivity index (χ2n) is 9.54. The number of aryl methyl sites for hydroxylation is 3. The van der Waals surface area contributed by atoms with Crippen LogP contribution < -0.4 is 5.43 Å². The molecular weight excluding hydrogens is 502 g/mol. The summed E-state index contributed by atoms with van der Waals surface area (Å²) in [6.45, 7) is 10.1. The number of hydrazone groups is 1. The van der Waals surface area contributed by atoms with Crippen LogP contribution in [0.1, 0.15) is 49.0 Å². The van der Waals surface area contributed by atoms with Crippen LogP contribution in [0.4, 0.5) is 0 Å². The zero-order chi connectivity index (χ0) is 27.7. The topological polar surface area (TPSA) is 75.1 Å². The molecule has 3 heterocycles. The number of benzene rings is 2. The normalized spacial score (nSPS) is 11.2. The number of hydrogen-bond acceptors (Lipinski definition) is 4. The molecular formula is C32H29N5OS. The first-order chi connectivity index (χ1) is 18.8. The number of carbonyl (C=O) groups is 1. The molecule has 39 heavy (non-hydrogen) atoms. The number of amides is 1. The molecule has 0 radical (unpaired) electrons. The molecule has 0 saturated carbocycles. The van der Waals surface area contributed by atoms with Crippen LogP contribution in [0.5, 0.6) is 0 Å². The number of carbonyl (C=O) groups excluding carboxylic acids is 1. The van der Waals surface area contributed by atoms with Gasteiger partial charge in [-0.1, -0.05) is 30.3 Å². The number of rotatable bonds is 6. The van der Waals surface area contributed by atoms with E-state index in [1.165, 1.54) is 0 Å². The Balaban J connectivity index is 1.33. The number of thiophene rings is 1. The van der Waals surface area contributed by atoms with Gasteiger partial charge in [-0.3, -0.25) is 4.79 Å². The quantitative estimate of drug-likeness (QED) is 0.186. The van der Waals surface area contributed by atoms with Crippen LogP contribution in [-0.4, -0.2) is 21.3 Å². The van der Waals surface area contributed by atoms with Gasteiger partial charge < -0.3 is 9.13 Å². The molecule has 7 heteroatoms. The SMILES string of the molecule is Cc1sc(-n2c(C)cc(/C=N/NC(=O)c3ccc(-n4c(C)ccc4-c4ccccc4)cc3)c2C)c(C#N)c1C. The van der Waals surface area contributed by atoms with Gasteiger partial charge in [-0.25, -0.2) is 5.43 Å². The van der Waals surface area contributed by atoms with Crippen molar-refractivity contribution in [2.24, 2.45) is 5.10 Å². The highest BCUT2D eigenvalue weighted by molar-refractivity contribution is 7.14. The van der Waals surface area contributed by atoms with Crippen molar-refractivity contribution in [1.82, 2.24) is 14.6 Å². The van der Waals surface area contributed by atoms with Crippen molar-refractivity contribution >= 4 is 23.5 Å². The molecule has 0 aliphatic rings. The van der Waals surface area contributed by atoms with Crippen molar-refractivity contribution in [3.63, 3.8) is 0 Å². The van der Waals surface area contributed by atoms with Gasteiger partial charge in [0.15, 0.2) is 0 Å². The highest BCUT2D eigenvalue weighted by Gasteiger charge is 2.18. The molecule has 1 N–H and O–H groups in total. The maximum absolute atomic E-state index is 12.8. The summed E-state index contributed by atoms with van der Waals surface area (Å²) < 4.78 is 4.26. The second-order valence-corrected chi connectivity index (χ2v) is 10.7. The van der Waals surface area contributed by atoms with E-state index in [-0.39, 0.29) is 5.91 Å². The average molecular weight is 532 g/mol. The zero-order valence-electron chi connectivity index (χ0n) is 22.6. The van der Waals surface area contributed by atoms with E-state index in [4.69, 9.17) is 0 Å². The van der Waals surface area contributed by atoms with Crippen LogP contribution in [0.25, 0.3) is 21.9 Å². The van der Waals surface area contributed by atoms with Crippen molar-refractivity contribution in [2.45, 2.75) is 34.6 Å². The van der Waals surface area contributed by atoms with E-state index >= 15 is 0 Å². The molecule has 3 aromatic heterocycles. The number of nitrogens with zero attached hydrogens (tertiary/aromatic N) is 4. The Morgan fingerprint density at radius 2 is 1.64 bits per heavy atom. The summed E-state index contributed by atoms with van der Waals surface area (Å²) in [4.78, 5) is 13.9. The largest absolute Gasteiger partial charge is 0.314 e. The molecule has 6 nitrogen and oxygen atoms in total. The second kappa shape index (κ2) is 10.6. The first-order valence-electron chi connectivity index (χ1n) is 12.7. The number of nitriles is 1. The Bertz CT molecular complexity index is 1740. The lowest BCUT2D eigenvalue weighted by atomic mass is 10.1. The van der Waals surface area contributed by atoms with E-state index in [0.29, 0.717) is 11.1 Å². The highest BCUT2D eigenvalue weighted by atomic mass is 32.1. The van der Waals surface area contributed by atoms with Gasteiger partial charge >= 0.3 is 0 Å². The van der Waals surface area contributed by atoms with Crippen molar-refractivity contribution in [3.8, 4) is 28.0 Å². The van der Waals surface area contributed by atoms with Gasteiger partial charge in [0, 0.05) is 38.8 Å². The van der Waals surface area contributed by atoms with E-state index in [9.17, 15) is 10.1 Å². The molecule has 5 aromatic rings. The van der Waals surface area contributed by atoms with Crippen molar-refractivity contribution < 1.29 is 4.79 Å². The van der Waals surface area contributed by atoms with Crippen LogP contribution in [0.15, 0.2) is 77.9 Å². The summed E-state index contributed by atoms with van der Waals surface area (Å²) in [7, 11) is 0. The van der Waals surface area contributed by atoms with E-state index in [2.05, 4.69) is 56.9 Å². The third kappa shape index (κ3) is 4.83. The molecule has 0 atom stereocenters. The number of aromatic nitrogens is 2. The van der Waals surface area contributed by atoms with Crippen molar-refractivity contribution in [2.75, 3.05) is 0 Å². The molecule has 5 rings (SSSR count). The van der Waals surface area contributed by atoms with Gasteiger partial charge in [-0.15, -0.1) is 11.3 Å².